The van der Waals surface area contributed by atoms with Crippen molar-refractivity contribution in [2.75, 3.05) is 26.2 Å². The Kier molecular flexibility index (Phi) is 4.24. The van der Waals surface area contributed by atoms with Gasteiger partial charge in [-0.2, -0.15) is 0 Å². The third-order valence-corrected chi connectivity index (χ3v) is 5.90. The first-order valence-corrected chi connectivity index (χ1v) is 9.22. The number of amides is 2. The normalized spacial score (nSPS) is 24.3. The van der Waals surface area contributed by atoms with Gasteiger partial charge in [0.2, 0.25) is 11.8 Å². The summed E-state index contributed by atoms with van der Waals surface area (Å²) in [7, 11) is 0. The summed E-state index contributed by atoms with van der Waals surface area (Å²) in [4.78, 5) is 26.6. The standard InChI is InChI=1S/C18H20N2O3S/c21-17(9-12-11-24-16-4-2-1-3-13(12)16)20-7-5-14-15(10-20)23-8-6-19-18(14)22/h1-4,11,14-15H,5-10H2,(H,19,22)/t14-,15+/m1/s1. The molecule has 2 aliphatic heterocycles. The lowest BCUT2D eigenvalue weighted by Gasteiger charge is -2.36. The number of piperidine rings is 1. The Morgan fingerprint density at radius 2 is 2.25 bits per heavy atom. The lowest BCUT2D eigenvalue weighted by atomic mass is 9.92. The molecule has 0 saturated carbocycles. The zero-order chi connectivity index (χ0) is 16.5. The summed E-state index contributed by atoms with van der Waals surface area (Å²) >= 11 is 1.68. The van der Waals surface area contributed by atoms with Crippen LogP contribution in [0.25, 0.3) is 10.1 Å². The SMILES string of the molecule is O=C1NCCO[C@H]2CN(C(=O)Cc3csc4ccccc34)CC[C@@H]12. The first-order valence-electron chi connectivity index (χ1n) is 8.34. The van der Waals surface area contributed by atoms with Gasteiger partial charge in [-0.25, -0.2) is 0 Å². The molecule has 2 fully saturated rings. The number of carbonyl (C=O) groups is 2. The molecule has 0 radical (unpaired) electrons. The molecule has 1 N–H and O–H groups in total. The summed E-state index contributed by atoms with van der Waals surface area (Å²) in [6, 6.07) is 8.17. The lowest BCUT2D eigenvalue weighted by molar-refractivity contribution is -0.141. The molecule has 24 heavy (non-hydrogen) atoms. The van der Waals surface area contributed by atoms with Crippen LogP contribution in [0.15, 0.2) is 29.6 Å². The second-order valence-electron chi connectivity index (χ2n) is 6.37. The number of hydrogen-bond donors (Lipinski definition) is 1. The van der Waals surface area contributed by atoms with E-state index in [0.717, 1.165) is 10.9 Å². The second kappa shape index (κ2) is 6.53. The summed E-state index contributed by atoms with van der Waals surface area (Å²) < 4.78 is 7.00. The number of hydrogen-bond acceptors (Lipinski definition) is 4. The topological polar surface area (TPSA) is 58.6 Å². The molecule has 3 heterocycles. The Balaban J connectivity index is 1.46. The van der Waals surface area contributed by atoms with Gasteiger partial charge in [-0.3, -0.25) is 9.59 Å². The highest BCUT2D eigenvalue weighted by Crippen LogP contribution is 2.27. The Bertz CT molecular complexity index is 772. The molecule has 1 aromatic heterocycles. The summed E-state index contributed by atoms with van der Waals surface area (Å²) in [5, 5.41) is 6.12. The quantitative estimate of drug-likeness (QED) is 0.904. The van der Waals surface area contributed by atoms with E-state index < -0.39 is 0 Å². The van der Waals surface area contributed by atoms with Gasteiger partial charge in [-0.1, -0.05) is 18.2 Å². The van der Waals surface area contributed by atoms with Crippen LogP contribution in [-0.4, -0.2) is 49.1 Å². The molecule has 0 unspecified atom stereocenters. The van der Waals surface area contributed by atoms with E-state index in [9.17, 15) is 9.59 Å². The van der Waals surface area contributed by atoms with Gasteiger partial charge in [0.25, 0.3) is 0 Å². The molecule has 2 aromatic rings. The molecule has 126 valence electrons. The van der Waals surface area contributed by atoms with Crippen molar-refractivity contribution in [2.24, 2.45) is 5.92 Å². The number of likely N-dealkylation sites (tertiary alicyclic amines) is 1. The average molecular weight is 344 g/mol. The number of ether oxygens (including phenoxy) is 1. The van der Waals surface area contributed by atoms with E-state index in [0.29, 0.717) is 39.1 Å². The van der Waals surface area contributed by atoms with Gasteiger partial charge in [0.05, 0.1) is 25.0 Å². The van der Waals surface area contributed by atoms with Gasteiger partial charge in [0, 0.05) is 24.3 Å². The van der Waals surface area contributed by atoms with Crippen LogP contribution < -0.4 is 5.32 Å². The maximum atomic E-state index is 12.7. The molecule has 0 bridgehead atoms. The third kappa shape index (κ3) is 2.91. The third-order valence-electron chi connectivity index (χ3n) is 4.88. The number of carbonyl (C=O) groups excluding carboxylic acids is 2. The first kappa shape index (κ1) is 15.6. The molecule has 2 aliphatic rings. The molecule has 4 rings (SSSR count). The summed E-state index contributed by atoms with van der Waals surface area (Å²) in [6.07, 6.45) is 0.907. The molecule has 0 aliphatic carbocycles. The molecular weight excluding hydrogens is 324 g/mol. The van der Waals surface area contributed by atoms with E-state index in [1.54, 1.807) is 11.3 Å². The highest BCUT2D eigenvalue weighted by atomic mass is 32.1. The predicted octanol–water partition coefficient (Wildman–Crippen LogP) is 1.81. The Hall–Kier alpha value is -1.92. The fraction of sp³-hybridized carbons (Fsp3) is 0.444. The zero-order valence-corrected chi connectivity index (χ0v) is 14.2. The van der Waals surface area contributed by atoms with Gasteiger partial charge < -0.3 is 15.0 Å². The molecular formula is C18H20N2O3S. The number of nitrogens with one attached hydrogen (secondary N) is 1. The Labute approximate surface area is 144 Å². The van der Waals surface area contributed by atoms with Crippen LogP contribution in [0.3, 0.4) is 0 Å². The van der Waals surface area contributed by atoms with Gasteiger partial charge in [0.1, 0.15) is 0 Å². The van der Waals surface area contributed by atoms with Gasteiger partial charge in [-0.05, 0) is 28.8 Å². The fourth-order valence-electron chi connectivity index (χ4n) is 3.57. The van der Waals surface area contributed by atoms with Crippen molar-refractivity contribution in [3.8, 4) is 0 Å². The zero-order valence-electron chi connectivity index (χ0n) is 13.4. The van der Waals surface area contributed by atoms with Gasteiger partial charge >= 0.3 is 0 Å². The van der Waals surface area contributed by atoms with E-state index >= 15 is 0 Å². The Morgan fingerprint density at radius 3 is 3.17 bits per heavy atom. The van der Waals surface area contributed by atoms with Crippen molar-refractivity contribution in [1.29, 1.82) is 0 Å². The first-order chi connectivity index (χ1) is 11.7. The predicted molar refractivity (Wildman–Crippen MR) is 93.0 cm³/mol. The molecule has 2 saturated heterocycles. The maximum absolute atomic E-state index is 12.7. The van der Waals surface area contributed by atoms with Crippen molar-refractivity contribution in [3.63, 3.8) is 0 Å². The molecule has 2 atom stereocenters. The number of fused-ring (bicyclic) bond motifs is 2. The van der Waals surface area contributed by atoms with Crippen LogP contribution in [-0.2, 0) is 20.7 Å². The van der Waals surface area contributed by atoms with Crippen LogP contribution in [0.2, 0.25) is 0 Å². The van der Waals surface area contributed by atoms with Crippen molar-refractivity contribution in [3.05, 3.63) is 35.2 Å². The van der Waals surface area contributed by atoms with Gasteiger partial charge in [-0.15, -0.1) is 11.3 Å². The minimum Gasteiger partial charge on any atom is -0.374 e. The smallest absolute Gasteiger partial charge is 0.227 e. The highest BCUT2D eigenvalue weighted by Gasteiger charge is 2.37. The van der Waals surface area contributed by atoms with Crippen LogP contribution in [0, 0.1) is 5.92 Å². The second-order valence-corrected chi connectivity index (χ2v) is 7.28. The van der Waals surface area contributed by atoms with E-state index in [4.69, 9.17) is 4.74 Å². The molecule has 2 amide bonds. The number of rotatable bonds is 2. The molecule has 0 spiro atoms. The number of benzene rings is 1. The van der Waals surface area contributed by atoms with Crippen LogP contribution in [0.1, 0.15) is 12.0 Å². The minimum atomic E-state index is -0.176. The monoisotopic (exact) mass is 344 g/mol. The van der Waals surface area contributed by atoms with E-state index in [1.807, 2.05) is 17.0 Å². The van der Waals surface area contributed by atoms with E-state index in [-0.39, 0.29) is 23.8 Å². The lowest BCUT2D eigenvalue weighted by Crippen LogP contribution is -2.50. The molecule has 1 aromatic carbocycles. The van der Waals surface area contributed by atoms with Crippen molar-refractivity contribution < 1.29 is 14.3 Å². The number of nitrogens with zero attached hydrogens (tertiary/aromatic N) is 1. The number of thiophene rings is 1. The maximum Gasteiger partial charge on any atom is 0.227 e. The summed E-state index contributed by atoms with van der Waals surface area (Å²) in [6.45, 7) is 2.21. The average Bonchev–Trinajstić information content (AvgIpc) is 2.91. The fourth-order valence-corrected chi connectivity index (χ4v) is 4.53. The van der Waals surface area contributed by atoms with Crippen LogP contribution >= 0.6 is 11.3 Å². The largest absolute Gasteiger partial charge is 0.374 e. The molecule has 5 nitrogen and oxygen atoms in total. The minimum absolute atomic E-state index is 0.0634. The summed E-state index contributed by atoms with van der Waals surface area (Å²) in [5.41, 5.74) is 1.09. The Morgan fingerprint density at radius 1 is 1.38 bits per heavy atom. The van der Waals surface area contributed by atoms with Crippen LogP contribution in [0.5, 0.6) is 0 Å². The van der Waals surface area contributed by atoms with Crippen molar-refractivity contribution >= 4 is 33.2 Å². The van der Waals surface area contributed by atoms with Crippen LogP contribution in [0.4, 0.5) is 0 Å². The molecule has 6 heteroatoms. The van der Waals surface area contributed by atoms with E-state index in [1.165, 1.54) is 4.70 Å². The van der Waals surface area contributed by atoms with Gasteiger partial charge in [0.15, 0.2) is 0 Å². The highest BCUT2D eigenvalue weighted by molar-refractivity contribution is 7.17. The van der Waals surface area contributed by atoms with Crippen molar-refractivity contribution in [1.82, 2.24) is 10.2 Å². The van der Waals surface area contributed by atoms with E-state index in [2.05, 4.69) is 22.8 Å². The summed E-state index contributed by atoms with van der Waals surface area (Å²) in [5.74, 6) is 0.0530. The van der Waals surface area contributed by atoms with Crippen molar-refractivity contribution in [2.45, 2.75) is 18.9 Å².